The first kappa shape index (κ1) is 21.1. The molecule has 1 heterocycles. The van der Waals surface area contributed by atoms with Crippen LogP contribution in [0.15, 0.2) is 52.1 Å². The highest BCUT2D eigenvalue weighted by molar-refractivity contribution is 9.10. The van der Waals surface area contributed by atoms with Gasteiger partial charge in [0.15, 0.2) is 0 Å². The van der Waals surface area contributed by atoms with Crippen molar-refractivity contribution >= 4 is 39.3 Å². The van der Waals surface area contributed by atoms with E-state index in [4.69, 9.17) is 9.47 Å². The summed E-state index contributed by atoms with van der Waals surface area (Å²) in [5.74, 6) is 1.20. The number of nitrogens with zero attached hydrogens (tertiary/aromatic N) is 4. The zero-order valence-corrected chi connectivity index (χ0v) is 18.4. The molecule has 0 unspecified atom stereocenters. The fourth-order valence-corrected chi connectivity index (χ4v) is 3.43. The predicted octanol–water partition coefficient (Wildman–Crippen LogP) is 3.95. The second-order valence-electron chi connectivity index (χ2n) is 5.71. The van der Waals surface area contributed by atoms with Crippen LogP contribution in [-0.4, -0.2) is 45.1 Å². The van der Waals surface area contributed by atoms with Crippen molar-refractivity contribution in [2.45, 2.75) is 19.0 Å². The molecule has 0 saturated carbocycles. The van der Waals surface area contributed by atoms with Gasteiger partial charge in [-0.25, -0.2) is 0 Å². The number of carbonyl (C=O) groups excluding carboxylic acids is 1. The van der Waals surface area contributed by atoms with Crippen molar-refractivity contribution < 1.29 is 14.3 Å². The van der Waals surface area contributed by atoms with Crippen molar-refractivity contribution in [2.75, 3.05) is 24.3 Å². The third-order valence-electron chi connectivity index (χ3n) is 3.68. The van der Waals surface area contributed by atoms with E-state index in [1.165, 1.54) is 11.8 Å². The summed E-state index contributed by atoms with van der Waals surface area (Å²) in [5, 5.41) is 15.1. The minimum absolute atomic E-state index is 0.140. The first-order chi connectivity index (χ1) is 14.1. The first-order valence-electron chi connectivity index (χ1n) is 8.97. The molecule has 1 aromatic heterocycles. The standard InChI is InChI=1S/C19H20BrN5O3S/c1-3-27-15-9-10-17(28-4-2)16(11-15)21-18(26)12-29-19-22-23-24-25(19)14-7-5-13(20)6-8-14/h5-11H,3-4,12H2,1-2H3,(H,21,26). The highest BCUT2D eigenvalue weighted by atomic mass is 79.9. The van der Waals surface area contributed by atoms with Gasteiger partial charge in [0.25, 0.3) is 0 Å². The van der Waals surface area contributed by atoms with E-state index in [1.54, 1.807) is 16.8 Å². The van der Waals surface area contributed by atoms with Crippen LogP contribution < -0.4 is 14.8 Å². The normalized spacial score (nSPS) is 10.6. The van der Waals surface area contributed by atoms with E-state index in [2.05, 4.69) is 36.8 Å². The second kappa shape index (κ2) is 10.3. The van der Waals surface area contributed by atoms with Crippen molar-refractivity contribution in [3.8, 4) is 17.2 Å². The minimum Gasteiger partial charge on any atom is -0.494 e. The van der Waals surface area contributed by atoms with E-state index < -0.39 is 0 Å². The van der Waals surface area contributed by atoms with Crippen LogP contribution in [0.2, 0.25) is 0 Å². The molecule has 0 spiro atoms. The zero-order valence-electron chi connectivity index (χ0n) is 16.0. The molecule has 0 atom stereocenters. The summed E-state index contributed by atoms with van der Waals surface area (Å²) in [7, 11) is 0. The smallest absolute Gasteiger partial charge is 0.234 e. The Morgan fingerprint density at radius 2 is 1.90 bits per heavy atom. The summed E-state index contributed by atoms with van der Waals surface area (Å²) in [6.45, 7) is 4.82. The van der Waals surface area contributed by atoms with E-state index in [0.29, 0.717) is 35.6 Å². The first-order valence-corrected chi connectivity index (χ1v) is 10.7. The zero-order chi connectivity index (χ0) is 20.6. The van der Waals surface area contributed by atoms with Crippen molar-refractivity contribution in [1.82, 2.24) is 20.2 Å². The number of amides is 1. The number of anilines is 1. The maximum Gasteiger partial charge on any atom is 0.234 e. The number of hydrogen-bond acceptors (Lipinski definition) is 7. The molecule has 10 heteroatoms. The molecule has 0 saturated heterocycles. The highest BCUT2D eigenvalue weighted by Crippen LogP contribution is 2.30. The maximum absolute atomic E-state index is 12.5. The van der Waals surface area contributed by atoms with Crippen LogP contribution in [0.25, 0.3) is 5.69 Å². The summed E-state index contributed by atoms with van der Waals surface area (Å²) in [5.41, 5.74) is 1.38. The second-order valence-corrected chi connectivity index (χ2v) is 7.57. The Bertz CT molecular complexity index is 965. The lowest BCUT2D eigenvalue weighted by molar-refractivity contribution is -0.113. The molecule has 0 bridgehead atoms. The number of thioether (sulfide) groups is 1. The SMILES string of the molecule is CCOc1ccc(OCC)c(NC(=O)CSc2nnnn2-c2ccc(Br)cc2)c1. The molecule has 0 aliphatic carbocycles. The molecule has 8 nitrogen and oxygen atoms in total. The Kier molecular flexibility index (Phi) is 7.48. The molecular weight excluding hydrogens is 458 g/mol. The number of nitrogens with one attached hydrogen (secondary N) is 1. The fraction of sp³-hybridized carbons (Fsp3) is 0.263. The Morgan fingerprint density at radius 3 is 2.62 bits per heavy atom. The molecule has 29 heavy (non-hydrogen) atoms. The molecule has 2 aromatic carbocycles. The lowest BCUT2D eigenvalue weighted by Crippen LogP contribution is -2.15. The van der Waals surface area contributed by atoms with Crippen molar-refractivity contribution in [2.24, 2.45) is 0 Å². The van der Waals surface area contributed by atoms with Gasteiger partial charge < -0.3 is 14.8 Å². The number of aromatic nitrogens is 4. The van der Waals surface area contributed by atoms with Gasteiger partial charge in [-0.1, -0.05) is 27.7 Å². The Labute approximate surface area is 181 Å². The number of halogens is 1. The van der Waals surface area contributed by atoms with Crippen molar-refractivity contribution in [3.63, 3.8) is 0 Å². The molecule has 152 valence electrons. The lowest BCUT2D eigenvalue weighted by Gasteiger charge is -2.13. The number of rotatable bonds is 9. The fourth-order valence-electron chi connectivity index (χ4n) is 2.47. The monoisotopic (exact) mass is 477 g/mol. The van der Waals surface area contributed by atoms with E-state index in [-0.39, 0.29) is 11.7 Å². The highest BCUT2D eigenvalue weighted by Gasteiger charge is 2.14. The van der Waals surface area contributed by atoms with E-state index >= 15 is 0 Å². The van der Waals surface area contributed by atoms with Crippen molar-refractivity contribution in [3.05, 3.63) is 46.9 Å². The molecule has 0 fully saturated rings. The molecule has 1 N–H and O–H groups in total. The van der Waals surface area contributed by atoms with Crippen LogP contribution in [0, 0.1) is 0 Å². The van der Waals surface area contributed by atoms with Crippen molar-refractivity contribution in [1.29, 1.82) is 0 Å². The largest absolute Gasteiger partial charge is 0.494 e. The van der Waals surface area contributed by atoms with Gasteiger partial charge in [-0.15, -0.1) is 5.10 Å². The topological polar surface area (TPSA) is 91.2 Å². The Hall–Kier alpha value is -2.59. The van der Waals surface area contributed by atoms with Crippen LogP contribution in [0.1, 0.15) is 13.8 Å². The number of hydrogen-bond donors (Lipinski definition) is 1. The van der Waals surface area contributed by atoms with Crippen LogP contribution in [0.4, 0.5) is 5.69 Å². The number of tetrazole rings is 1. The summed E-state index contributed by atoms with van der Waals surface area (Å²) >= 11 is 4.65. The molecule has 3 aromatic rings. The van der Waals surface area contributed by atoms with Crippen LogP contribution in [0.3, 0.4) is 0 Å². The van der Waals surface area contributed by atoms with E-state index in [9.17, 15) is 4.79 Å². The van der Waals surface area contributed by atoms with Crippen LogP contribution >= 0.6 is 27.7 Å². The molecule has 3 rings (SSSR count). The number of benzene rings is 2. The Balaban J connectivity index is 1.67. The summed E-state index contributed by atoms with van der Waals surface area (Å²) in [6.07, 6.45) is 0. The quantitative estimate of drug-likeness (QED) is 0.466. The average Bonchev–Trinajstić information content (AvgIpc) is 3.18. The summed E-state index contributed by atoms with van der Waals surface area (Å²) in [6, 6.07) is 12.9. The van der Waals surface area contributed by atoms with E-state index in [1.807, 2.05) is 44.2 Å². The van der Waals surface area contributed by atoms with Gasteiger partial charge in [0.05, 0.1) is 30.3 Å². The minimum atomic E-state index is -0.199. The molecule has 0 radical (unpaired) electrons. The van der Waals surface area contributed by atoms with E-state index in [0.717, 1.165) is 10.2 Å². The summed E-state index contributed by atoms with van der Waals surface area (Å²) in [4.78, 5) is 12.5. The number of carbonyl (C=O) groups is 1. The van der Waals surface area contributed by atoms with Gasteiger partial charge in [-0.05, 0) is 60.7 Å². The van der Waals surface area contributed by atoms with Gasteiger partial charge in [0.1, 0.15) is 11.5 Å². The summed E-state index contributed by atoms with van der Waals surface area (Å²) < 4.78 is 13.6. The third kappa shape index (κ3) is 5.70. The van der Waals surface area contributed by atoms with Gasteiger partial charge in [-0.3, -0.25) is 4.79 Å². The molecule has 0 aliphatic rings. The number of ether oxygens (including phenoxy) is 2. The van der Waals surface area contributed by atoms with Gasteiger partial charge in [0, 0.05) is 10.5 Å². The molecule has 1 amide bonds. The van der Waals surface area contributed by atoms with Gasteiger partial charge in [0.2, 0.25) is 11.1 Å². The third-order valence-corrected chi connectivity index (χ3v) is 5.13. The van der Waals surface area contributed by atoms with Crippen LogP contribution in [0.5, 0.6) is 11.5 Å². The van der Waals surface area contributed by atoms with Crippen LogP contribution in [-0.2, 0) is 4.79 Å². The van der Waals surface area contributed by atoms with Gasteiger partial charge in [-0.2, -0.15) is 4.68 Å². The molecular formula is C19H20BrN5O3S. The average molecular weight is 478 g/mol. The molecule has 0 aliphatic heterocycles. The lowest BCUT2D eigenvalue weighted by atomic mass is 10.2. The Morgan fingerprint density at radius 1 is 1.14 bits per heavy atom. The predicted molar refractivity (Wildman–Crippen MR) is 115 cm³/mol. The maximum atomic E-state index is 12.5. The van der Waals surface area contributed by atoms with Gasteiger partial charge >= 0.3 is 0 Å².